The molecule has 2 N–H and O–H groups in total. The topological polar surface area (TPSA) is 91.9 Å². The fraction of sp³-hybridized carbons (Fsp3) is 0.250. The van der Waals surface area contributed by atoms with E-state index < -0.39 is 0 Å². The van der Waals surface area contributed by atoms with Gasteiger partial charge in [-0.1, -0.05) is 12.1 Å². The number of aryl methyl sites for hydroxylation is 1. The summed E-state index contributed by atoms with van der Waals surface area (Å²) in [6.07, 6.45) is 10.0. The van der Waals surface area contributed by atoms with Gasteiger partial charge in [0.1, 0.15) is 0 Å². The molecule has 3 aromatic rings. The molecule has 1 aliphatic heterocycles. The Kier molecular flexibility index (Phi) is 5.08. The number of fused-ring (bicyclic) bond motifs is 2. The molecule has 7 nitrogen and oxygen atoms in total. The van der Waals surface area contributed by atoms with E-state index in [-0.39, 0.29) is 11.7 Å². The summed E-state index contributed by atoms with van der Waals surface area (Å²) in [5.74, 6) is -0.0345. The summed E-state index contributed by atoms with van der Waals surface area (Å²) >= 11 is 0. The first kappa shape index (κ1) is 19.2. The van der Waals surface area contributed by atoms with Gasteiger partial charge in [0.15, 0.2) is 5.58 Å². The quantitative estimate of drug-likeness (QED) is 0.660. The average molecular weight is 413 g/mol. The van der Waals surface area contributed by atoms with Crippen molar-refractivity contribution in [2.45, 2.75) is 19.3 Å². The van der Waals surface area contributed by atoms with Crippen molar-refractivity contribution in [2.24, 2.45) is 9.98 Å². The van der Waals surface area contributed by atoms with Crippen LogP contribution < -0.4 is 10.6 Å². The van der Waals surface area contributed by atoms with Gasteiger partial charge < -0.3 is 15.1 Å². The molecule has 7 heteroatoms. The highest BCUT2D eigenvalue weighted by Gasteiger charge is 2.22. The minimum Gasteiger partial charge on any atom is -0.447 e. The van der Waals surface area contributed by atoms with Crippen LogP contribution in [0.25, 0.3) is 11.0 Å². The Morgan fingerprint density at radius 3 is 3.03 bits per heavy atom. The number of rotatable bonds is 5. The fourth-order valence-electron chi connectivity index (χ4n) is 4.10. The number of hydrogen-bond donors (Lipinski definition) is 2. The Hall–Kier alpha value is -3.74. The summed E-state index contributed by atoms with van der Waals surface area (Å²) in [5, 5.41) is 7.17. The molecule has 1 aromatic carbocycles. The maximum absolute atomic E-state index is 13.0. The minimum atomic E-state index is -0.278. The zero-order chi connectivity index (χ0) is 21.2. The van der Waals surface area contributed by atoms with E-state index in [2.05, 4.69) is 43.8 Å². The largest absolute Gasteiger partial charge is 0.447 e. The summed E-state index contributed by atoms with van der Waals surface area (Å²) in [4.78, 5) is 25.7. The molecule has 1 amide bonds. The van der Waals surface area contributed by atoms with Gasteiger partial charge in [0.05, 0.1) is 11.9 Å². The van der Waals surface area contributed by atoms with Gasteiger partial charge in [-0.15, -0.1) is 0 Å². The zero-order valence-electron chi connectivity index (χ0n) is 17.3. The molecule has 5 rings (SSSR count). The Morgan fingerprint density at radius 2 is 2.19 bits per heavy atom. The van der Waals surface area contributed by atoms with Gasteiger partial charge in [0.2, 0.25) is 5.76 Å². The molecule has 1 aliphatic carbocycles. The van der Waals surface area contributed by atoms with Crippen LogP contribution in [0.1, 0.15) is 34.5 Å². The van der Waals surface area contributed by atoms with Crippen LogP contribution in [0.15, 0.2) is 62.7 Å². The number of pyridine rings is 1. The predicted molar refractivity (Wildman–Crippen MR) is 123 cm³/mol. The van der Waals surface area contributed by atoms with Crippen molar-refractivity contribution in [1.82, 2.24) is 10.3 Å². The number of anilines is 2. The fourth-order valence-corrected chi connectivity index (χ4v) is 4.10. The van der Waals surface area contributed by atoms with Crippen LogP contribution in [0.4, 0.5) is 11.4 Å². The van der Waals surface area contributed by atoms with E-state index in [9.17, 15) is 4.79 Å². The molecule has 0 bridgehead atoms. The summed E-state index contributed by atoms with van der Waals surface area (Å²) in [5.41, 5.74) is 6.72. The lowest BCUT2D eigenvalue weighted by Gasteiger charge is -2.11. The predicted octanol–water partition coefficient (Wildman–Crippen LogP) is 4.07. The average Bonchev–Trinajstić information content (AvgIpc) is 3.39. The van der Waals surface area contributed by atoms with Crippen LogP contribution in [0.3, 0.4) is 0 Å². The summed E-state index contributed by atoms with van der Waals surface area (Å²) in [6, 6.07) is 8.08. The van der Waals surface area contributed by atoms with Crippen LogP contribution in [0.5, 0.6) is 0 Å². The summed E-state index contributed by atoms with van der Waals surface area (Å²) < 4.78 is 5.89. The standard InChI is InChI=1S/C24H23N5O2/c1-25-20-7-4-16-11-17(5-6-18(16)20)29-22-19-8-10-27-14-21(19)31-23(22)24(30)28-13-15-3-2-9-26-12-15/h3,5-6,8,10-12,14,29H,2,4,7,9,13H2,1H3,(H,28,30). The van der Waals surface area contributed by atoms with E-state index in [4.69, 9.17) is 4.42 Å². The van der Waals surface area contributed by atoms with Crippen molar-refractivity contribution in [3.63, 3.8) is 0 Å². The Balaban J connectivity index is 1.45. The van der Waals surface area contributed by atoms with Crippen LogP contribution >= 0.6 is 0 Å². The van der Waals surface area contributed by atoms with E-state index in [0.717, 1.165) is 48.2 Å². The van der Waals surface area contributed by atoms with Crippen molar-refractivity contribution in [1.29, 1.82) is 0 Å². The first-order chi connectivity index (χ1) is 15.2. The molecule has 2 aliphatic rings. The summed E-state index contributed by atoms with van der Waals surface area (Å²) in [6.45, 7) is 1.21. The maximum atomic E-state index is 13.0. The normalized spacial score (nSPS) is 16.4. The molecule has 2 aromatic heterocycles. The number of nitrogens with one attached hydrogen (secondary N) is 2. The first-order valence-corrected chi connectivity index (χ1v) is 10.4. The van der Waals surface area contributed by atoms with Gasteiger partial charge in [-0.3, -0.25) is 19.8 Å². The van der Waals surface area contributed by atoms with Crippen LogP contribution in [0.2, 0.25) is 0 Å². The molecule has 0 saturated heterocycles. The van der Waals surface area contributed by atoms with E-state index in [1.54, 1.807) is 12.4 Å². The second-order valence-corrected chi connectivity index (χ2v) is 7.63. The van der Waals surface area contributed by atoms with Crippen molar-refractivity contribution in [3.8, 4) is 0 Å². The van der Waals surface area contributed by atoms with Crippen molar-refractivity contribution < 1.29 is 9.21 Å². The van der Waals surface area contributed by atoms with Crippen LogP contribution in [-0.4, -0.2) is 43.0 Å². The van der Waals surface area contributed by atoms with Crippen LogP contribution in [-0.2, 0) is 6.42 Å². The number of nitrogens with zero attached hydrogens (tertiary/aromatic N) is 3. The van der Waals surface area contributed by atoms with Crippen molar-refractivity contribution >= 4 is 40.2 Å². The molecule has 0 unspecified atom stereocenters. The number of furan rings is 1. The Bertz CT molecular complexity index is 1250. The highest BCUT2D eigenvalue weighted by Crippen LogP contribution is 2.34. The number of amides is 1. The molecule has 0 spiro atoms. The third-order valence-corrected chi connectivity index (χ3v) is 5.66. The van der Waals surface area contributed by atoms with Gasteiger partial charge in [-0.25, -0.2) is 0 Å². The summed E-state index contributed by atoms with van der Waals surface area (Å²) in [7, 11) is 1.84. The minimum absolute atomic E-state index is 0.243. The highest BCUT2D eigenvalue weighted by atomic mass is 16.3. The van der Waals surface area contributed by atoms with E-state index in [1.165, 1.54) is 11.1 Å². The van der Waals surface area contributed by atoms with Crippen molar-refractivity contribution in [2.75, 3.05) is 25.5 Å². The molecule has 0 atom stereocenters. The first-order valence-electron chi connectivity index (χ1n) is 10.4. The van der Waals surface area contributed by atoms with Gasteiger partial charge >= 0.3 is 0 Å². The molecule has 0 radical (unpaired) electrons. The Labute approximate surface area is 180 Å². The SMILES string of the molecule is CN=C1CCc2cc(Nc3c(C(=O)NCC4=CCCN=C4)oc4cnccc34)ccc21. The monoisotopic (exact) mass is 413 g/mol. The third-order valence-electron chi connectivity index (χ3n) is 5.66. The number of dihydropyridines is 1. The second-order valence-electron chi connectivity index (χ2n) is 7.63. The number of aromatic nitrogens is 1. The number of hydrogen-bond acceptors (Lipinski definition) is 6. The lowest BCUT2D eigenvalue weighted by molar-refractivity contribution is 0.0933. The van der Waals surface area contributed by atoms with Gasteiger partial charge in [0.25, 0.3) is 5.91 Å². The highest BCUT2D eigenvalue weighted by molar-refractivity contribution is 6.08. The van der Waals surface area contributed by atoms with Gasteiger partial charge in [0, 0.05) is 49.3 Å². The van der Waals surface area contributed by atoms with E-state index in [0.29, 0.717) is 17.8 Å². The maximum Gasteiger partial charge on any atom is 0.289 e. The number of carbonyl (C=O) groups excluding carboxylic acids is 1. The molecular formula is C24H23N5O2. The molecule has 156 valence electrons. The molecule has 3 heterocycles. The Morgan fingerprint density at radius 1 is 1.26 bits per heavy atom. The lowest BCUT2D eigenvalue weighted by Crippen LogP contribution is -2.26. The van der Waals surface area contributed by atoms with E-state index >= 15 is 0 Å². The molecule has 0 saturated carbocycles. The molecule has 0 fully saturated rings. The van der Waals surface area contributed by atoms with Gasteiger partial charge in [-0.2, -0.15) is 0 Å². The number of carbonyl (C=O) groups is 1. The number of benzene rings is 1. The van der Waals surface area contributed by atoms with Crippen LogP contribution in [0, 0.1) is 0 Å². The lowest BCUT2D eigenvalue weighted by atomic mass is 10.1. The van der Waals surface area contributed by atoms with Gasteiger partial charge in [-0.05, 0) is 54.2 Å². The van der Waals surface area contributed by atoms with E-state index in [1.807, 2.05) is 25.4 Å². The third kappa shape index (κ3) is 3.74. The number of aliphatic imine (C=N–C) groups is 2. The second kappa shape index (κ2) is 8.18. The molecular weight excluding hydrogens is 390 g/mol. The zero-order valence-corrected chi connectivity index (χ0v) is 17.3. The smallest absolute Gasteiger partial charge is 0.289 e. The van der Waals surface area contributed by atoms with Crippen molar-refractivity contribution in [3.05, 3.63) is 65.2 Å². The molecule has 31 heavy (non-hydrogen) atoms.